The summed E-state index contributed by atoms with van der Waals surface area (Å²) in [6, 6.07) is 10.9. The normalized spacial score (nSPS) is 21.5. The number of imidazole rings is 1. The molecule has 0 radical (unpaired) electrons. The molecule has 9 heteroatoms. The summed E-state index contributed by atoms with van der Waals surface area (Å²) in [7, 11) is 3.87. The molecule has 2 bridgehead atoms. The largest absolute Gasteiger partial charge is 0.489 e. The second-order valence-electron chi connectivity index (χ2n) is 10.2. The minimum absolute atomic E-state index is 0.130. The van der Waals surface area contributed by atoms with Gasteiger partial charge >= 0.3 is 0 Å². The average Bonchev–Trinajstić information content (AvgIpc) is 3.29. The molecule has 188 valence electrons. The highest BCUT2D eigenvalue weighted by molar-refractivity contribution is 5.99. The number of hydrogen-bond donors (Lipinski definition) is 3. The molecule has 1 atom stereocenters. The van der Waals surface area contributed by atoms with Gasteiger partial charge in [0.1, 0.15) is 18.0 Å². The van der Waals surface area contributed by atoms with Gasteiger partial charge in [-0.3, -0.25) is 4.79 Å². The Balaban J connectivity index is 1.48. The Morgan fingerprint density at radius 3 is 2.69 bits per heavy atom. The lowest BCUT2D eigenvalue weighted by Crippen LogP contribution is -2.53. The summed E-state index contributed by atoms with van der Waals surface area (Å²) in [5.41, 5.74) is 2.88. The lowest BCUT2D eigenvalue weighted by Gasteiger charge is -2.45. The molecule has 3 aliphatic rings. The van der Waals surface area contributed by atoms with Crippen LogP contribution in [0.1, 0.15) is 12.8 Å². The van der Waals surface area contributed by atoms with Crippen LogP contribution in [0.2, 0.25) is 0 Å². The third kappa shape index (κ3) is 4.22. The summed E-state index contributed by atoms with van der Waals surface area (Å²) >= 11 is 0. The predicted octanol–water partition coefficient (Wildman–Crippen LogP) is 3.66. The Hall–Kier alpha value is -3.43. The Morgan fingerprint density at radius 1 is 1.17 bits per heavy atom. The Kier molecular flexibility index (Phi) is 5.89. The maximum Gasteiger partial charge on any atom is 0.261 e. The van der Waals surface area contributed by atoms with E-state index in [1.807, 2.05) is 43.3 Å². The van der Waals surface area contributed by atoms with Crippen molar-refractivity contribution >= 4 is 27.6 Å². The van der Waals surface area contributed by atoms with Crippen LogP contribution in [0.15, 0.2) is 41.2 Å². The van der Waals surface area contributed by atoms with Gasteiger partial charge in [0.2, 0.25) is 0 Å². The number of nitrogens with zero attached hydrogens (tertiary/aromatic N) is 3. The van der Waals surface area contributed by atoms with Crippen LogP contribution >= 0.6 is 0 Å². The van der Waals surface area contributed by atoms with Gasteiger partial charge in [0.15, 0.2) is 11.6 Å². The smallest absolute Gasteiger partial charge is 0.261 e. The van der Waals surface area contributed by atoms with Gasteiger partial charge in [0.05, 0.1) is 22.2 Å². The number of ether oxygens (including phenoxy) is 1. The topological polar surface area (TPSA) is 89.3 Å². The second-order valence-corrected chi connectivity index (χ2v) is 10.2. The first-order valence-corrected chi connectivity index (χ1v) is 12.6. The molecule has 0 unspecified atom stereocenters. The third-order valence-electron chi connectivity index (χ3n) is 7.47. The van der Waals surface area contributed by atoms with Gasteiger partial charge in [0, 0.05) is 30.6 Å². The van der Waals surface area contributed by atoms with Gasteiger partial charge in [0.25, 0.3) is 5.56 Å². The summed E-state index contributed by atoms with van der Waals surface area (Å²) in [6.07, 6.45) is 2.24. The lowest BCUT2D eigenvalue weighted by atomic mass is 9.83. The molecule has 8 nitrogen and oxygen atoms in total. The number of likely N-dealkylation sites (N-methyl/N-ethyl adjacent to an activating group) is 1. The van der Waals surface area contributed by atoms with E-state index < -0.39 is 5.82 Å². The van der Waals surface area contributed by atoms with E-state index in [-0.39, 0.29) is 17.4 Å². The first-order valence-electron chi connectivity index (χ1n) is 12.6. The number of hydrogen-bond acceptors (Lipinski definition) is 6. The zero-order valence-electron chi connectivity index (χ0n) is 20.6. The number of rotatable bonds is 7. The van der Waals surface area contributed by atoms with Crippen LogP contribution in [0.5, 0.6) is 5.75 Å². The SMILES string of the molecule is CN(C)CCOc1cc2[nH]c(=O)c(-c3nc4ccccc4[nH]3)c(N[C@H]3CN4CCC3CC4)c2cc1F. The highest BCUT2D eigenvalue weighted by Crippen LogP contribution is 2.37. The highest BCUT2D eigenvalue weighted by Gasteiger charge is 2.35. The minimum Gasteiger partial charge on any atom is -0.489 e. The van der Waals surface area contributed by atoms with E-state index in [1.165, 1.54) is 6.07 Å². The first-order chi connectivity index (χ1) is 17.5. The molecule has 2 aromatic carbocycles. The number of nitrogens with one attached hydrogen (secondary N) is 3. The number of piperidine rings is 3. The Bertz CT molecular complexity index is 1440. The van der Waals surface area contributed by atoms with Crippen LogP contribution in [0.4, 0.5) is 10.1 Å². The van der Waals surface area contributed by atoms with E-state index in [1.54, 1.807) is 6.07 Å². The summed E-state index contributed by atoms with van der Waals surface area (Å²) in [4.78, 5) is 28.9. The van der Waals surface area contributed by atoms with Crippen LogP contribution in [0.25, 0.3) is 33.3 Å². The second kappa shape index (κ2) is 9.22. The van der Waals surface area contributed by atoms with Crippen molar-refractivity contribution in [3.05, 3.63) is 52.6 Å². The molecule has 3 saturated heterocycles. The maximum atomic E-state index is 15.3. The van der Waals surface area contributed by atoms with Gasteiger partial charge in [-0.15, -0.1) is 0 Å². The molecule has 36 heavy (non-hydrogen) atoms. The van der Waals surface area contributed by atoms with Crippen molar-refractivity contribution in [3.8, 4) is 17.1 Å². The van der Waals surface area contributed by atoms with Crippen molar-refractivity contribution in [2.75, 3.05) is 52.2 Å². The molecule has 0 spiro atoms. The fourth-order valence-electron chi connectivity index (χ4n) is 5.51. The van der Waals surface area contributed by atoms with Gasteiger partial charge in [-0.05, 0) is 64.1 Å². The summed E-state index contributed by atoms with van der Waals surface area (Å²) in [5.74, 6) is 0.660. The van der Waals surface area contributed by atoms with Gasteiger partial charge in [-0.1, -0.05) is 12.1 Å². The van der Waals surface area contributed by atoms with Crippen molar-refractivity contribution in [1.29, 1.82) is 0 Å². The number of benzene rings is 2. The van der Waals surface area contributed by atoms with E-state index in [0.29, 0.717) is 47.0 Å². The lowest BCUT2D eigenvalue weighted by molar-refractivity contribution is 0.0976. The number of anilines is 1. The van der Waals surface area contributed by atoms with Crippen LogP contribution in [-0.4, -0.2) is 77.7 Å². The highest BCUT2D eigenvalue weighted by atomic mass is 19.1. The van der Waals surface area contributed by atoms with E-state index in [9.17, 15) is 4.79 Å². The minimum atomic E-state index is -0.458. The monoisotopic (exact) mass is 490 g/mol. The van der Waals surface area contributed by atoms with Gasteiger partial charge in [-0.25, -0.2) is 9.37 Å². The molecule has 3 N–H and O–H groups in total. The van der Waals surface area contributed by atoms with E-state index in [0.717, 1.165) is 43.5 Å². The van der Waals surface area contributed by atoms with Crippen LogP contribution < -0.4 is 15.6 Å². The van der Waals surface area contributed by atoms with Crippen LogP contribution in [-0.2, 0) is 0 Å². The first kappa shape index (κ1) is 23.0. The number of pyridine rings is 1. The third-order valence-corrected chi connectivity index (χ3v) is 7.47. The molecule has 2 aromatic heterocycles. The number of aromatic amines is 2. The fraction of sp³-hybridized carbons (Fsp3) is 0.407. The van der Waals surface area contributed by atoms with Crippen molar-refractivity contribution in [1.82, 2.24) is 24.8 Å². The van der Waals surface area contributed by atoms with Crippen LogP contribution in [0.3, 0.4) is 0 Å². The van der Waals surface area contributed by atoms with E-state index in [4.69, 9.17) is 9.72 Å². The van der Waals surface area contributed by atoms with Crippen molar-refractivity contribution < 1.29 is 9.13 Å². The summed E-state index contributed by atoms with van der Waals surface area (Å²) < 4.78 is 21.0. The van der Waals surface area contributed by atoms with Gasteiger partial charge < -0.3 is 29.8 Å². The molecule has 3 aliphatic heterocycles. The molecule has 3 fully saturated rings. The molecule has 4 aromatic rings. The fourth-order valence-corrected chi connectivity index (χ4v) is 5.51. The number of halogens is 1. The zero-order chi connectivity index (χ0) is 24.8. The molecule has 0 aliphatic carbocycles. The average molecular weight is 491 g/mol. The predicted molar refractivity (Wildman–Crippen MR) is 140 cm³/mol. The molecule has 5 heterocycles. The standard InChI is InChI=1S/C27H31FN6O2/c1-33(2)11-12-36-23-14-21-17(13-18(23)28)25(29-22-15-34-9-7-16(22)8-10-34)24(27(35)32-21)26-30-19-5-3-4-6-20(19)31-26/h3-6,13-14,16,22H,7-12,15H2,1-2H3,(H,30,31)(H2,29,32,35)/t22-/m0/s1. The molecule has 7 rings (SSSR count). The maximum absolute atomic E-state index is 15.3. The zero-order valence-corrected chi connectivity index (χ0v) is 20.6. The Labute approximate surface area is 208 Å². The van der Waals surface area contributed by atoms with Crippen molar-refractivity contribution in [3.63, 3.8) is 0 Å². The molecular weight excluding hydrogens is 459 g/mol. The summed E-state index contributed by atoms with van der Waals surface area (Å²) in [5, 5.41) is 4.29. The van der Waals surface area contributed by atoms with E-state index in [2.05, 4.69) is 20.2 Å². The Morgan fingerprint density at radius 2 is 1.97 bits per heavy atom. The molecule has 0 amide bonds. The molecule has 0 saturated carbocycles. The van der Waals surface area contributed by atoms with Gasteiger partial charge in [-0.2, -0.15) is 0 Å². The van der Waals surface area contributed by atoms with E-state index >= 15 is 4.39 Å². The number of aromatic nitrogens is 3. The quantitative estimate of drug-likeness (QED) is 0.367. The number of para-hydroxylation sites is 2. The molecular formula is C27H31FN6O2. The number of fused-ring (bicyclic) bond motifs is 5. The summed E-state index contributed by atoms with van der Waals surface area (Å²) in [6.45, 7) is 4.13. The number of H-pyrrole nitrogens is 2. The van der Waals surface area contributed by atoms with Crippen LogP contribution in [0, 0.1) is 11.7 Å². The van der Waals surface area contributed by atoms with Crippen molar-refractivity contribution in [2.24, 2.45) is 5.92 Å². The van der Waals surface area contributed by atoms with Crippen molar-refractivity contribution in [2.45, 2.75) is 18.9 Å².